The number of carbonyl (C=O) groups is 1. The number of likely N-dealkylation sites (tertiary alicyclic amines) is 1. The van der Waals surface area contributed by atoms with Crippen molar-refractivity contribution in [2.24, 2.45) is 0 Å². The number of halogens is 1. The number of ether oxygens (including phenoxy) is 2. The fourth-order valence-electron chi connectivity index (χ4n) is 1.61. The van der Waals surface area contributed by atoms with E-state index in [2.05, 4.69) is 0 Å². The summed E-state index contributed by atoms with van der Waals surface area (Å²) in [6.07, 6.45) is -1.94. The molecule has 0 aromatic rings. The van der Waals surface area contributed by atoms with Gasteiger partial charge in [0.25, 0.3) is 0 Å². The van der Waals surface area contributed by atoms with Gasteiger partial charge in [0.15, 0.2) is 0 Å². The number of carboxylic acid groups (broad SMARTS) is 1. The lowest BCUT2D eigenvalue weighted by Gasteiger charge is -2.20. The first-order chi connectivity index (χ1) is 7.15. The zero-order valence-electron chi connectivity index (χ0n) is 8.69. The van der Waals surface area contributed by atoms with Crippen molar-refractivity contribution in [3.05, 3.63) is 0 Å². The molecule has 0 saturated carbocycles. The zero-order chi connectivity index (χ0) is 11.3. The molecular formula is C9H16FNO4. The van der Waals surface area contributed by atoms with E-state index < -0.39 is 12.3 Å². The predicted octanol–water partition coefficient (Wildman–Crippen LogP) is 0.740. The van der Waals surface area contributed by atoms with Crippen molar-refractivity contribution in [2.75, 3.05) is 33.5 Å². The Hall–Kier alpha value is -0.880. The second kappa shape index (κ2) is 5.87. The molecule has 1 rings (SSSR count). The maximum absolute atomic E-state index is 13.0. The quantitative estimate of drug-likeness (QED) is 0.696. The van der Waals surface area contributed by atoms with Gasteiger partial charge in [-0.15, -0.1) is 0 Å². The first-order valence-corrected chi connectivity index (χ1v) is 4.85. The summed E-state index contributed by atoms with van der Waals surface area (Å²) in [6, 6.07) is -0.366. The van der Waals surface area contributed by atoms with Gasteiger partial charge in [0, 0.05) is 13.5 Å². The summed E-state index contributed by atoms with van der Waals surface area (Å²) in [4.78, 5) is 11.8. The maximum Gasteiger partial charge on any atom is 0.407 e. The Balaban J connectivity index is 2.29. The fraction of sp³-hybridized carbons (Fsp3) is 0.889. The molecule has 0 spiro atoms. The lowest BCUT2D eigenvalue weighted by atomic mass is 10.2. The average molecular weight is 221 g/mol. The van der Waals surface area contributed by atoms with Gasteiger partial charge in [-0.25, -0.2) is 9.18 Å². The van der Waals surface area contributed by atoms with E-state index >= 15 is 0 Å². The fourth-order valence-corrected chi connectivity index (χ4v) is 1.61. The molecule has 1 N–H and O–H groups in total. The van der Waals surface area contributed by atoms with E-state index in [4.69, 9.17) is 14.6 Å². The van der Waals surface area contributed by atoms with E-state index in [0.717, 1.165) is 4.90 Å². The zero-order valence-corrected chi connectivity index (χ0v) is 8.69. The van der Waals surface area contributed by atoms with Gasteiger partial charge in [0.05, 0.1) is 32.4 Å². The number of rotatable bonds is 5. The summed E-state index contributed by atoms with van der Waals surface area (Å²) in [7, 11) is 1.56. The van der Waals surface area contributed by atoms with Crippen LogP contribution in [-0.4, -0.2) is 61.8 Å². The van der Waals surface area contributed by atoms with Gasteiger partial charge < -0.3 is 19.5 Å². The molecular weight excluding hydrogens is 205 g/mol. The highest BCUT2D eigenvalue weighted by molar-refractivity contribution is 5.66. The number of methoxy groups -OCH3 is 1. The Kier molecular flexibility index (Phi) is 4.77. The third-order valence-corrected chi connectivity index (χ3v) is 2.35. The number of hydrogen-bond acceptors (Lipinski definition) is 3. The molecule has 6 heteroatoms. The van der Waals surface area contributed by atoms with Gasteiger partial charge in [0.2, 0.25) is 0 Å². The summed E-state index contributed by atoms with van der Waals surface area (Å²) in [5, 5.41) is 8.78. The number of alkyl halides is 1. The van der Waals surface area contributed by atoms with Crippen molar-refractivity contribution in [3.63, 3.8) is 0 Å². The number of amides is 1. The monoisotopic (exact) mass is 221 g/mol. The molecule has 88 valence electrons. The lowest BCUT2D eigenvalue weighted by molar-refractivity contribution is 0.0409. The molecule has 0 radical (unpaired) electrons. The smallest absolute Gasteiger partial charge is 0.407 e. The van der Waals surface area contributed by atoms with E-state index in [1.54, 1.807) is 7.11 Å². The molecule has 0 aliphatic carbocycles. The Morgan fingerprint density at radius 2 is 2.33 bits per heavy atom. The van der Waals surface area contributed by atoms with Gasteiger partial charge in [0.1, 0.15) is 6.17 Å². The largest absolute Gasteiger partial charge is 0.465 e. The van der Waals surface area contributed by atoms with Crippen LogP contribution < -0.4 is 0 Å². The van der Waals surface area contributed by atoms with Crippen molar-refractivity contribution in [1.82, 2.24) is 4.90 Å². The molecule has 1 fully saturated rings. The van der Waals surface area contributed by atoms with Crippen LogP contribution in [-0.2, 0) is 9.47 Å². The second-order valence-corrected chi connectivity index (χ2v) is 3.49. The van der Waals surface area contributed by atoms with Crippen molar-refractivity contribution in [2.45, 2.75) is 18.6 Å². The van der Waals surface area contributed by atoms with Gasteiger partial charge in [-0.1, -0.05) is 0 Å². The van der Waals surface area contributed by atoms with E-state index in [1.165, 1.54) is 0 Å². The van der Waals surface area contributed by atoms with Crippen LogP contribution in [0, 0.1) is 0 Å². The normalized spacial score (nSPS) is 25.9. The first-order valence-electron chi connectivity index (χ1n) is 4.85. The summed E-state index contributed by atoms with van der Waals surface area (Å²) >= 11 is 0. The van der Waals surface area contributed by atoms with E-state index in [-0.39, 0.29) is 25.6 Å². The predicted molar refractivity (Wildman–Crippen MR) is 50.7 cm³/mol. The molecule has 0 aromatic heterocycles. The molecule has 0 aromatic carbocycles. The van der Waals surface area contributed by atoms with Gasteiger partial charge in [-0.05, 0) is 0 Å². The van der Waals surface area contributed by atoms with Crippen LogP contribution in [0.4, 0.5) is 9.18 Å². The Labute approximate surface area is 87.8 Å². The standard InChI is InChI=1S/C9H16FNO4/c1-14-2-3-15-6-8-4-7(10)5-11(8)9(12)13/h7-8H,2-6H2,1H3,(H,12,13)/t7-,8-/m0/s1. The summed E-state index contributed by atoms with van der Waals surface area (Å²) in [5.74, 6) is 0. The minimum absolute atomic E-state index is 0.0480. The van der Waals surface area contributed by atoms with Crippen molar-refractivity contribution < 1.29 is 23.8 Å². The minimum atomic E-state index is -1.09. The number of hydrogen-bond donors (Lipinski definition) is 1. The van der Waals surface area contributed by atoms with Crippen LogP contribution in [0.15, 0.2) is 0 Å². The average Bonchev–Trinajstić information content (AvgIpc) is 2.55. The van der Waals surface area contributed by atoms with Gasteiger partial charge >= 0.3 is 6.09 Å². The van der Waals surface area contributed by atoms with Crippen molar-refractivity contribution in [1.29, 1.82) is 0 Å². The molecule has 15 heavy (non-hydrogen) atoms. The lowest BCUT2D eigenvalue weighted by Crippen LogP contribution is -2.37. The maximum atomic E-state index is 13.0. The van der Waals surface area contributed by atoms with Gasteiger partial charge in [-0.3, -0.25) is 0 Å². The highest BCUT2D eigenvalue weighted by Crippen LogP contribution is 2.20. The molecule has 1 heterocycles. The van der Waals surface area contributed by atoms with Crippen LogP contribution in [0.2, 0.25) is 0 Å². The topological polar surface area (TPSA) is 59.0 Å². The Bertz CT molecular complexity index is 214. The highest BCUT2D eigenvalue weighted by atomic mass is 19.1. The SMILES string of the molecule is COCCOC[C@@H]1C[C@H](F)CN1C(=O)O. The second-order valence-electron chi connectivity index (χ2n) is 3.49. The summed E-state index contributed by atoms with van der Waals surface area (Å²) in [5.41, 5.74) is 0. The molecule has 1 aliphatic rings. The molecule has 1 aliphatic heterocycles. The van der Waals surface area contributed by atoms with E-state index in [0.29, 0.717) is 13.2 Å². The molecule has 0 bridgehead atoms. The molecule has 5 nitrogen and oxygen atoms in total. The van der Waals surface area contributed by atoms with Crippen LogP contribution in [0.1, 0.15) is 6.42 Å². The van der Waals surface area contributed by atoms with Crippen LogP contribution in [0.25, 0.3) is 0 Å². The highest BCUT2D eigenvalue weighted by Gasteiger charge is 2.35. The van der Waals surface area contributed by atoms with Crippen LogP contribution in [0.5, 0.6) is 0 Å². The van der Waals surface area contributed by atoms with Crippen molar-refractivity contribution in [3.8, 4) is 0 Å². The summed E-state index contributed by atoms with van der Waals surface area (Å²) < 4.78 is 22.9. The molecule has 2 atom stereocenters. The van der Waals surface area contributed by atoms with E-state index in [1.807, 2.05) is 0 Å². The number of nitrogens with zero attached hydrogens (tertiary/aromatic N) is 1. The third kappa shape index (κ3) is 3.64. The molecule has 1 saturated heterocycles. The molecule has 0 unspecified atom stereocenters. The van der Waals surface area contributed by atoms with Crippen molar-refractivity contribution >= 4 is 6.09 Å². The minimum Gasteiger partial charge on any atom is -0.465 e. The summed E-state index contributed by atoms with van der Waals surface area (Å²) in [6.45, 7) is 1.04. The van der Waals surface area contributed by atoms with Gasteiger partial charge in [-0.2, -0.15) is 0 Å². The molecule has 1 amide bonds. The Morgan fingerprint density at radius 1 is 1.60 bits per heavy atom. The van der Waals surface area contributed by atoms with Crippen LogP contribution in [0.3, 0.4) is 0 Å². The first kappa shape index (κ1) is 12.2. The van der Waals surface area contributed by atoms with E-state index in [9.17, 15) is 9.18 Å². The third-order valence-electron chi connectivity index (χ3n) is 2.35. The van der Waals surface area contributed by atoms with Crippen LogP contribution >= 0.6 is 0 Å². The Morgan fingerprint density at radius 3 is 2.93 bits per heavy atom.